The van der Waals surface area contributed by atoms with Gasteiger partial charge in [-0.05, 0) is 17.7 Å². The standard InChI is InChI=1S/C27H31N7O5/c35-21-8-4-7-20(18-21)23-29-25(31-26(30-23)34-13-15-39-16-14-34)33-11-9-32(10-12-33)24(36)22(28-27(37)38)17-19-5-2-1-3-6-19/h1-8,18,22,28,35H,9-17H2,(H,37,38). The first-order valence-electron chi connectivity index (χ1n) is 12.9. The number of carbonyl (C=O) groups excluding carboxylic acids is 1. The summed E-state index contributed by atoms with van der Waals surface area (Å²) in [6.45, 7) is 4.22. The van der Waals surface area contributed by atoms with Crippen molar-refractivity contribution in [2.75, 3.05) is 62.3 Å². The van der Waals surface area contributed by atoms with Crippen LogP contribution in [-0.2, 0) is 16.0 Å². The fourth-order valence-electron chi connectivity index (χ4n) is 4.72. The molecule has 12 heteroatoms. The molecule has 2 aliphatic heterocycles. The van der Waals surface area contributed by atoms with Crippen LogP contribution in [0.15, 0.2) is 54.6 Å². The highest BCUT2D eigenvalue weighted by Gasteiger charge is 2.30. The molecule has 2 aromatic carbocycles. The highest BCUT2D eigenvalue weighted by atomic mass is 16.5. The first-order valence-corrected chi connectivity index (χ1v) is 12.9. The summed E-state index contributed by atoms with van der Waals surface area (Å²) >= 11 is 0. The molecule has 1 atom stereocenters. The number of phenols is 1. The number of phenolic OH excluding ortho intramolecular Hbond substituents is 1. The molecule has 0 bridgehead atoms. The molecule has 0 radical (unpaired) electrons. The van der Waals surface area contributed by atoms with Gasteiger partial charge >= 0.3 is 6.09 Å². The number of hydrogen-bond acceptors (Lipinski definition) is 9. The Bertz CT molecular complexity index is 1290. The van der Waals surface area contributed by atoms with Crippen molar-refractivity contribution in [1.29, 1.82) is 0 Å². The summed E-state index contributed by atoms with van der Waals surface area (Å²) in [5.74, 6) is 1.33. The van der Waals surface area contributed by atoms with Gasteiger partial charge in [-0.15, -0.1) is 0 Å². The molecule has 39 heavy (non-hydrogen) atoms. The Morgan fingerprint density at radius 2 is 1.54 bits per heavy atom. The Hall–Kier alpha value is -4.45. The van der Waals surface area contributed by atoms with E-state index in [1.165, 1.54) is 0 Å². The third kappa shape index (κ3) is 6.52. The molecule has 204 valence electrons. The molecule has 3 aromatic rings. The molecule has 1 aromatic heterocycles. The average Bonchev–Trinajstić information content (AvgIpc) is 2.97. The van der Waals surface area contributed by atoms with E-state index in [4.69, 9.17) is 14.7 Å². The van der Waals surface area contributed by atoms with E-state index in [9.17, 15) is 19.8 Å². The molecule has 2 aliphatic rings. The minimum absolute atomic E-state index is 0.120. The van der Waals surface area contributed by atoms with E-state index in [1.54, 1.807) is 23.1 Å². The molecule has 0 aliphatic carbocycles. The summed E-state index contributed by atoms with van der Waals surface area (Å²) < 4.78 is 5.48. The summed E-state index contributed by atoms with van der Waals surface area (Å²) in [6.07, 6.45) is -0.959. The zero-order valence-corrected chi connectivity index (χ0v) is 21.4. The van der Waals surface area contributed by atoms with Crippen molar-refractivity contribution < 1.29 is 24.5 Å². The minimum Gasteiger partial charge on any atom is -0.508 e. The molecule has 2 fully saturated rings. The lowest BCUT2D eigenvalue weighted by atomic mass is 10.0. The van der Waals surface area contributed by atoms with Crippen molar-refractivity contribution in [2.24, 2.45) is 0 Å². The Morgan fingerprint density at radius 3 is 2.18 bits per heavy atom. The monoisotopic (exact) mass is 533 g/mol. The smallest absolute Gasteiger partial charge is 0.405 e. The SMILES string of the molecule is O=C(O)NC(Cc1ccccc1)C(=O)N1CCN(c2nc(-c3cccc(O)c3)nc(N3CCOCC3)n2)CC1. The lowest BCUT2D eigenvalue weighted by Gasteiger charge is -2.37. The van der Waals surface area contributed by atoms with Crippen molar-refractivity contribution in [1.82, 2.24) is 25.2 Å². The van der Waals surface area contributed by atoms with Crippen LogP contribution in [-0.4, -0.2) is 101 Å². The lowest BCUT2D eigenvalue weighted by molar-refractivity contribution is -0.133. The van der Waals surface area contributed by atoms with Crippen LogP contribution in [0.25, 0.3) is 11.4 Å². The van der Waals surface area contributed by atoms with E-state index in [2.05, 4.69) is 10.3 Å². The number of carboxylic acid groups (broad SMARTS) is 1. The topological polar surface area (TPSA) is 144 Å². The summed E-state index contributed by atoms with van der Waals surface area (Å²) in [6, 6.07) is 15.3. The number of aromatic hydroxyl groups is 1. The molecule has 0 spiro atoms. The number of aromatic nitrogens is 3. The molecule has 3 heterocycles. The number of carbonyl (C=O) groups is 2. The van der Waals surface area contributed by atoms with Crippen LogP contribution in [0.5, 0.6) is 5.75 Å². The number of rotatable bonds is 7. The van der Waals surface area contributed by atoms with Gasteiger partial charge in [-0.1, -0.05) is 42.5 Å². The Morgan fingerprint density at radius 1 is 0.872 bits per heavy atom. The molecule has 2 amide bonds. The maximum atomic E-state index is 13.3. The number of benzene rings is 2. The summed E-state index contributed by atoms with van der Waals surface area (Å²) in [5.41, 5.74) is 1.55. The fourth-order valence-corrected chi connectivity index (χ4v) is 4.72. The first kappa shape index (κ1) is 26.2. The zero-order valence-electron chi connectivity index (χ0n) is 21.4. The van der Waals surface area contributed by atoms with Gasteiger partial charge in [0.05, 0.1) is 13.2 Å². The highest BCUT2D eigenvalue weighted by Crippen LogP contribution is 2.25. The van der Waals surface area contributed by atoms with Crippen LogP contribution in [0.3, 0.4) is 0 Å². The van der Waals surface area contributed by atoms with Gasteiger partial charge in [0.15, 0.2) is 5.82 Å². The van der Waals surface area contributed by atoms with Gasteiger partial charge in [0.1, 0.15) is 11.8 Å². The number of nitrogens with zero attached hydrogens (tertiary/aromatic N) is 6. The third-order valence-corrected chi connectivity index (χ3v) is 6.76. The quantitative estimate of drug-likeness (QED) is 0.410. The predicted octanol–water partition coefficient (Wildman–Crippen LogP) is 1.61. The van der Waals surface area contributed by atoms with E-state index in [-0.39, 0.29) is 18.1 Å². The van der Waals surface area contributed by atoms with Crippen LogP contribution >= 0.6 is 0 Å². The second-order valence-corrected chi connectivity index (χ2v) is 9.41. The predicted molar refractivity (Wildman–Crippen MR) is 144 cm³/mol. The number of hydrogen-bond donors (Lipinski definition) is 3. The Kier molecular flexibility index (Phi) is 8.02. The van der Waals surface area contributed by atoms with Crippen molar-refractivity contribution in [3.05, 3.63) is 60.2 Å². The molecule has 3 N–H and O–H groups in total. The van der Waals surface area contributed by atoms with E-state index < -0.39 is 12.1 Å². The number of ether oxygens (including phenoxy) is 1. The number of amides is 2. The fraction of sp³-hybridized carbons (Fsp3) is 0.370. The molecule has 2 saturated heterocycles. The van der Waals surface area contributed by atoms with Gasteiger partial charge in [0.25, 0.3) is 0 Å². The summed E-state index contributed by atoms with van der Waals surface area (Å²) in [5, 5.41) is 21.7. The lowest BCUT2D eigenvalue weighted by Crippen LogP contribution is -2.55. The highest BCUT2D eigenvalue weighted by molar-refractivity contribution is 5.86. The number of nitrogens with one attached hydrogen (secondary N) is 1. The van der Waals surface area contributed by atoms with Crippen LogP contribution in [0, 0.1) is 0 Å². The van der Waals surface area contributed by atoms with Crippen molar-refractivity contribution in [3.63, 3.8) is 0 Å². The van der Waals surface area contributed by atoms with E-state index in [1.807, 2.05) is 46.2 Å². The van der Waals surface area contributed by atoms with E-state index in [0.717, 1.165) is 5.56 Å². The van der Waals surface area contributed by atoms with Crippen LogP contribution in [0.1, 0.15) is 5.56 Å². The molecule has 0 saturated carbocycles. The molecular formula is C27H31N7O5. The third-order valence-electron chi connectivity index (χ3n) is 6.76. The maximum absolute atomic E-state index is 13.3. The zero-order chi connectivity index (χ0) is 27.2. The summed E-state index contributed by atoms with van der Waals surface area (Å²) in [7, 11) is 0. The molecule has 12 nitrogen and oxygen atoms in total. The number of morpholine rings is 1. The molecule has 5 rings (SSSR count). The van der Waals surface area contributed by atoms with Gasteiger partial charge in [-0.2, -0.15) is 15.0 Å². The second kappa shape index (κ2) is 11.9. The van der Waals surface area contributed by atoms with Gasteiger partial charge in [-0.3, -0.25) is 4.79 Å². The van der Waals surface area contributed by atoms with Gasteiger partial charge in [0, 0.05) is 51.3 Å². The van der Waals surface area contributed by atoms with E-state index >= 15 is 0 Å². The Labute approximate surface area is 225 Å². The van der Waals surface area contributed by atoms with Crippen molar-refractivity contribution in [2.45, 2.75) is 12.5 Å². The van der Waals surface area contributed by atoms with Crippen LogP contribution in [0.2, 0.25) is 0 Å². The Balaban J connectivity index is 1.33. The van der Waals surface area contributed by atoms with Gasteiger partial charge in [-0.25, -0.2) is 4.79 Å². The normalized spacial score (nSPS) is 16.6. The van der Waals surface area contributed by atoms with Crippen molar-refractivity contribution in [3.8, 4) is 17.1 Å². The second-order valence-electron chi connectivity index (χ2n) is 9.41. The first-order chi connectivity index (χ1) is 19.0. The average molecular weight is 534 g/mol. The summed E-state index contributed by atoms with van der Waals surface area (Å²) in [4.78, 5) is 44.6. The number of anilines is 2. The molecular weight excluding hydrogens is 502 g/mol. The van der Waals surface area contributed by atoms with Crippen LogP contribution < -0.4 is 15.1 Å². The minimum atomic E-state index is -1.23. The van der Waals surface area contributed by atoms with Crippen LogP contribution in [0.4, 0.5) is 16.7 Å². The van der Waals surface area contributed by atoms with Gasteiger partial charge < -0.3 is 35.0 Å². The maximum Gasteiger partial charge on any atom is 0.405 e. The molecule has 1 unspecified atom stereocenters. The number of piperazine rings is 1. The van der Waals surface area contributed by atoms with Gasteiger partial charge in [0.2, 0.25) is 17.8 Å². The largest absolute Gasteiger partial charge is 0.508 e. The van der Waals surface area contributed by atoms with E-state index in [0.29, 0.717) is 75.8 Å². The van der Waals surface area contributed by atoms with Crippen molar-refractivity contribution >= 4 is 23.9 Å².